The van der Waals surface area contributed by atoms with E-state index in [1.807, 2.05) is 113 Å². The molecule has 3 aliphatic rings. The fraction of sp³-hybridized carbons (Fsp3) is 0.604. The van der Waals surface area contributed by atoms with Crippen LogP contribution in [0, 0.1) is 23.7 Å². The summed E-state index contributed by atoms with van der Waals surface area (Å²) in [6, 6.07) is 19.5. The summed E-state index contributed by atoms with van der Waals surface area (Å²) in [5.74, 6) is -5.58. The molecule has 16 heteroatoms. The Kier molecular flexibility index (Phi) is 18.2. The third kappa shape index (κ3) is 12.8. The number of hydrogen-bond acceptors (Lipinski definition) is 15. The fourth-order valence-electron chi connectivity index (χ4n) is 10.3. The highest BCUT2D eigenvalue weighted by Crippen LogP contribution is 2.39. The predicted molar refractivity (Wildman–Crippen MR) is 264 cm³/mol. The van der Waals surface area contributed by atoms with E-state index in [0.29, 0.717) is 32.6 Å². The largest absolute Gasteiger partial charge is 0.459 e. The molecule has 0 saturated carbocycles. The van der Waals surface area contributed by atoms with E-state index in [-0.39, 0.29) is 49.8 Å². The number of ketones is 1. The molecule has 0 spiro atoms. The number of rotatable bonds is 12. The van der Waals surface area contributed by atoms with Gasteiger partial charge < -0.3 is 53.8 Å². The molecule has 3 saturated heterocycles. The number of likely N-dealkylation sites (N-methyl/N-ethyl adjacent to an activating group) is 1. The molecule has 2 aromatic carbocycles. The van der Waals surface area contributed by atoms with Gasteiger partial charge in [0.2, 0.25) is 0 Å². The summed E-state index contributed by atoms with van der Waals surface area (Å²) in [6.45, 7) is 15.4. The van der Waals surface area contributed by atoms with Gasteiger partial charge >= 0.3 is 5.97 Å². The van der Waals surface area contributed by atoms with Crippen molar-refractivity contribution in [2.24, 2.45) is 28.8 Å². The molecule has 13 atom stereocenters. The van der Waals surface area contributed by atoms with E-state index in [1.165, 1.54) is 13.8 Å². The standard InChI is InChI=1S/C53H75N5O11/c1-11-43-53(8,64)48(62)35(4)45(55-66-32-44(59)58-25-23-57(24-26-58)40-20-13-12-14-21-40)33(2)30-52(7,65-27-17-18-38-29-39-19-15-16-22-41(39)54-31-38)49(36(5)46(60)37(6)50(63)68-43)69-51-47(61)42(56(9)10)28-34(3)67-51/h12-22,29,31,33-37,42-43,47-49,51,61-62,64H,11,23-28,30,32H2,1-10H3/b18-17+,55-45+/t33-,34-,35+,36+,37-,42+,43-,47-,48-,49-,51+,52+,53-/m1/s1. The first kappa shape index (κ1) is 53.5. The number of ether oxygens (including phenoxy) is 4. The van der Waals surface area contributed by atoms with Crippen LogP contribution in [0.3, 0.4) is 0 Å². The summed E-state index contributed by atoms with van der Waals surface area (Å²) in [4.78, 5) is 58.6. The summed E-state index contributed by atoms with van der Waals surface area (Å²) in [7, 11) is 3.74. The number of carbonyl (C=O) groups excluding carboxylic acids is 3. The van der Waals surface area contributed by atoms with Crippen LogP contribution in [-0.2, 0) is 38.2 Å². The number of aliphatic hydroxyl groups is 3. The smallest absolute Gasteiger partial charge is 0.316 e. The number of aromatic nitrogens is 1. The van der Waals surface area contributed by atoms with Crippen molar-refractivity contribution in [1.29, 1.82) is 0 Å². The number of anilines is 1. The number of carbonyl (C=O) groups is 3. The molecular weight excluding hydrogens is 883 g/mol. The number of aliphatic hydroxyl groups excluding tert-OH is 2. The fourth-order valence-corrected chi connectivity index (χ4v) is 10.3. The second-order valence-electron chi connectivity index (χ2n) is 19.9. The lowest BCUT2D eigenvalue weighted by molar-refractivity contribution is -0.296. The molecule has 378 valence electrons. The van der Waals surface area contributed by atoms with Crippen LogP contribution in [-0.4, -0.2) is 161 Å². The Hall–Kier alpha value is -4.81. The van der Waals surface area contributed by atoms with Crippen LogP contribution in [0.25, 0.3) is 17.0 Å². The van der Waals surface area contributed by atoms with Crippen LogP contribution in [0.15, 0.2) is 78.1 Å². The van der Waals surface area contributed by atoms with Gasteiger partial charge in [-0.15, -0.1) is 0 Å². The minimum atomic E-state index is -2.01. The number of pyridine rings is 1. The first-order valence-corrected chi connectivity index (χ1v) is 24.5. The quantitative estimate of drug-likeness (QED) is 0.117. The summed E-state index contributed by atoms with van der Waals surface area (Å²) < 4.78 is 26.0. The van der Waals surface area contributed by atoms with Crippen LogP contribution in [0.2, 0.25) is 0 Å². The number of piperazine rings is 1. The molecule has 1 amide bonds. The van der Waals surface area contributed by atoms with Gasteiger partial charge in [0, 0.05) is 67.2 Å². The lowest BCUT2D eigenvalue weighted by atomic mass is 9.74. The molecule has 6 rings (SSSR count). The number of nitrogens with zero attached hydrogens (tertiary/aromatic N) is 5. The van der Waals surface area contributed by atoms with Gasteiger partial charge in [-0.3, -0.25) is 19.4 Å². The first-order chi connectivity index (χ1) is 32.7. The van der Waals surface area contributed by atoms with Crippen LogP contribution in [0.4, 0.5) is 5.69 Å². The molecule has 0 bridgehead atoms. The minimum Gasteiger partial charge on any atom is -0.459 e. The average Bonchev–Trinajstić information content (AvgIpc) is 3.34. The number of oxime groups is 1. The van der Waals surface area contributed by atoms with Crippen LogP contribution >= 0.6 is 0 Å². The SMILES string of the molecule is CC[C@H]1OC(=O)[C@H](C)C(=O)[C@H](C)[C@@H](O[C@@H]2O[C@H](C)C[C@H](N(C)C)[C@H]2O)[C@@](C)(OC/C=C/c2cnc3ccccc3c2)C[C@@H](C)/C(=N\OCC(=O)N2CCN(c3ccccc3)CC2)[C@H](C)[C@@H](O)[C@]1(C)O. The second-order valence-corrected chi connectivity index (χ2v) is 19.9. The Labute approximate surface area is 407 Å². The van der Waals surface area contributed by atoms with E-state index in [2.05, 4.69) is 15.0 Å². The van der Waals surface area contributed by atoms with E-state index in [9.17, 15) is 29.7 Å². The normalized spacial score (nSPS) is 34.0. The molecule has 3 aromatic rings. The van der Waals surface area contributed by atoms with Gasteiger partial charge in [0.15, 0.2) is 18.7 Å². The van der Waals surface area contributed by atoms with Gasteiger partial charge in [-0.2, -0.15) is 0 Å². The van der Waals surface area contributed by atoms with E-state index in [1.54, 1.807) is 31.9 Å². The minimum absolute atomic E-state index is 0.0271. The summed E-state index contributed by atoms with van der Waals surface area (Å²) in [6.07, 6.45) is -0.348. The van der Waals surface area contributed by atoms with E-state index >= 15 is 0 Å². The Bertz CT molecular complexity index is 2250. The maximum Gasteiger partial charge on any atom is 0.316 e. The zero-order valence-electron chi connectivity index (χ0n) is 42.1. The zero-order chi connectivity index (χ0) is 50.2. The molecule has 3 fully saturated rings. The number of cyclic esters (lactones) is 1. The molecule has 69 heavy (non-hydrogen) atoms. The Morgan fingerprint density at radius 2 is 1.65 bits per heavy atom. The van der Waals surface area contributed by atoms with Crippen molar-refractivity contribution < 1.29 is 53.5 Å². The van der Waals surface area contributed by atoms with Crippen molar-refractivity contribution in [2.45, 2.75) is 129 Å². The number of hydrogen-bond donors (Lipinski definition) is 3. The summed E-state index contributed by atoms with van der Waals surface area (Å²) in [5.41, 5.74) is -0.355. The van der Waals surface area contributed by atoms with E-state index < -0.39 is 77.3 Å². The molecule has 1 aromatic heterocycles. The monoisotopic (exact) mass is 958 g/mol. The van der Waals surface area contributed by atoms with Gasteiger partial charge in [-0.25, -0.2) is 0 Å². The summed E-state index contributed by atoms with van der Waals surface area (Å²) in [5, 5.41) is 41.5. The lowest BCUT2D eigenvalue weighted by Gasteiger charge is -2.47. The Morgan fingerprint density at radius 3 is 2.33 bits per heavy atom. The van der Waals surface area contributed by atoms with Crippen LogP contribution < -0.4 is 4.90 Å². The van der Waals surface area contributed by atoms with Crippen molar-refractivity contribution in [1.82, 2.24) is 14.8 Å². The average molecular weight is 958 g/mol. The van der Waals surface area contributed by atoms with Gasteiger partial charge in [0.25, 0.3) is 5.91 Å². The highest BCUT2D eigenvalue weighted by molar-refractivity contribution is 6.00. The molecule has 0 aliphatic carbocycles. The van der Waals surface area contributed by atoms with E-state index in [0.717, 1.165) is 22.2 Å². The number of Topliss-reactive ketones (excluding diaryl/α,β-unsaturated/α-hetero) is 1. The van der Waals surface area contributed by atoms with Crippen molar-refractivity contribution in [3.8, 4) is 0 Å². The molecule has 0 unspecified atom stereocenters. The van der Waals surface area contributed by atoms with Crippen LogP contribution in [0.5, 0.6) is 0 Å². The highest BCUT2D eigenvalue weighted by Gasteiger charge is 2.52. The number of fused-ring (bicyclic) bond motifs is 1. The highest BCUT2D eigenvalue weighted by atomic mass is 16.7. The summed E-state index contributed by atoms with van der Waals surface area (Å²) >= 11 is 0. The van der Waals surface area contributed by atoms with Crippen molar-refractivity contribution in [2.75, 3.05) is 58.4 Å². The Morgan fingerprint density at radius 1 is 0.971 bits per heavy atom. The maximum absolute atomic E-state index is 14.7. The third-order valence-corrected chi connectivity index (χ3v) is 14.4. The second kappa shape index (κ2) is 23.4. The van der Waals surface area contributed by atoms with Gasteiger partial charge in [-0.1, -0.05) is 81.4 Å². The first-order valence-electron chi connectivity index (χ1n) is 24.5. The molecule has 16 nitrogen and oxygen atoms in total. The Balaban J connectivity index is 1.37. The van der Waals surface area contributed by atoms with Crippen LogP contribution in [0.1, 0.15) is 80.2 Å². The van der Waals surface area contributed by atoms with Gasteiger partial charge in [-0.05, 0) is 90.9 Å². The zero-order valence-corrected chi connectivity index (χ0v) is 42.1. The number of amides is 1. The van der Waals surface area contributed by atoms with Gasteiger partial charge in [0.05, 0.1) is 41.7 Å². The maximum atomic E-state index is 14.7. The number of benzene rings is 2. The molecule has 4 heterocycles. The number of esters is 1. The number of para-hydroxylation sites is 2. The van der Waals surface area contributed by atoms with Crippen molar-refractivity contribution >= 4 is 46.0 Å². The lowest BCUT2D eigenvalue weighted by Crippen LogP contribution is -2.60. The van der Waals surface area contributed by atoms with Crippen molar-refractivity contribution in [3.63, 3.8) is 0 Å². The van der Waals surface area contributed by atoms with E-state index in [4.69, 9.17) is 23.8 Å². The van der Waals surface area contributed by atoms with Gasteiger partial charge in [0.1, 0.15) is 23.7 Å². The molecule has 0 radical (unpaired) electrons. The molecule has 3 aliphatic heterocycles. The predicted octanol–water partition coefficient (Wildman–Crippen LogP) is 5.51. The topological polar surface area (TPSA) is 193 Å². The molecular formula is C53H75N5O11. The third-order valence-electron chi connectivity index (χ3n) is 14.4. The van der Waals surface area contributed by atoms with Crippen molar-refractivity contribution in [3.05, 3.63) is 78.5 Å². The molecule has 3 N–H and O–H groups in total.